The largest absolute Gasteiger partial charge is 0.369 e. The van der Waals surface area contributed by atoms with Crippen LogP contribution in [-0.4, -0.2) is 87.0 Å². The molecule has 5 aromatic rings. The van der Waals surface area contributed by atoms with E-state index in [9.17, 15) is 5.26 Å². The zero-order valence-corrected chi connectivity index (χ0v) is 32.8. The van der Waals surface area contributed by atoms with Crippen LogP contribution in [0.2, 0.25) is 0 Å². The van der Waals surface area contributed by atoms with Crippen LogP contribution in [-0.2, 0) is 19.3 Å². The molecular weight excluding hydrogens is 697 g/mol. The molecule has 1 saturated heterocycles. The van der Waals surface area contributed by atoms with E-state index < -0.39 is 26.4 Å². The van der Waals surface area contributed by atoms with Gasteiger partial charge in [-0.15, -0.1) is 0 Å². The molecule has 1 fully saturated rings. The Morgan fingerprint density at radius 2 is 1.52 bits per heavy atom. The number of nitrogens with one attached hydrogen (secondary N) is 1. The molecule has 54 heavy (non-hydrogen) atoms. The summed E-state index contributed by atoms with van der Waals surface area (Å²) in [6.45, 7) is 9.07. The summed E-state index contributed by atoms with van der Waals surface area (Å²) in [5.41, 5.74) is 3.78. The molecule has 0 amide bonds. The Balaban J connectivity index is 1.43. The van der Waals surface area contributed by atoms with Crippen molar-refractivity contribution in [2.24, 2.45) is 4.99 Å². The van der Waals surface area contributed by atoms with Crippen molar-refractivity contribution >= 4 is 31.8 Å². The smallest absolute Gasteiger partial charge is 0.259 e. The highest BCUT2D eigenvalue weighted by atomic mass is 31.2. The summed E-state index contributed by atoms with van der Waals surface area (Å²) < 4.78 is 24.3. The number of aliphatic imine (C=N–C) groups is 1. The second-order valence-corrected chi connectivity index (χ2v) is 15.5. The van der Waals surface area contributed by atoms with Gasteiger partial charge in [0.2, 0.25) is 0 Å². The van der Waals surface area contributed by atoms with E-state index in [1.54, 1.807) is 12.7 Å². The summed E-state index contributed by atoms with van der Waals surface area (Å²) in [6.07, 6.45) is 4.99. The van der Waals surface area contributed by atoms with Crippen LogP contribution < -0.4 is 5.32 Å². The molecule has 0 radical (unpaired) electrons. The molecular formula is C41H50N9O3P. The third-order valence-corrected chi connectivity index (χ3v) is 11.4. The first-order valence-electron chi connectivity index (χ1n) is 18.4. The number of hydrogen-bond acceptors (Lipinski definition) is 10. The number of aromatic nitrogens is 4. The Bertz CT molecular complexity index is 1880. The van der Waals surface area contributed by atoms with Gasteiger partial charge in [0, 0.05) is 38.6 Å². The van der Waals surface area contributed by atoms with Crippen molar-refractivity contribution in [2.45, 2.75) is 76.5 Å². The number of hydrogen-bond donors (Lipinski definition) is 1. The molecule has 4 atom stereocenters. The second kappa shape index (κ2) is 18.2. The Hall–Kier alpha value is -4.60. The highest BCUT2D eigenvalue weighted by Crippen LogP contribution is 2.47. The van der Waals surface area contributed by atoms with Gasteiger partial charge >= 0.3 is 0 Å². The van der Waals surface area contributed by atoms with E-state index in [-0.39, 0.29) is 37.8 Å². The van der Waals surface area contributed by atoms with Gasteiger partial charge in [-0.25, -0.2) is 24.6 Å². The molecule has 2 aromatic heterocycles. The van der Waals surface area contributed by atoms with Gasteiger partial charge in [-0.3, -0.25) is 9.88 Å². The fourth-order valence-corrected chi connectivity index (χ4v) is 8.68. The fourth-order valence-electron chi connectivity index (χ4n) is 7.07. The van der Waals surface area contributed by atoms with Crippen molar-refractivity contribution in [1.82, 2.24) is 34.4 Å². The fraction of sp³-hybridized carbons (Fsp3) is 0.390. The van der Waals surface area contributed by atoms with E-state index in [0.29, 0.717) is 23.4 Å². The normalized spacial score (nSPS) is 18.3. The molecule has 0 saturated carbocycles. The maximum Gasteiger partial charge on any atom is 0.259 e. The number of rotatable bonds is 17. The monoisotopic (exact) mass is 747 g/mol. The number of nitriles is 1. The van der Waals surface area contributed by atoms with Crippen molar-refractivity contribution in [2.75, 3.05) is 27.3 Å². The molecule has 6 rings (SSSR count). The number of ether oxygens (including phenoxy) is 1. The van der Waals surface area contributed by atoms with E-state index in [1.165, 1.54) is 6.33 Å². The molecule has 0 bridgehead atoms. The Morgan fingerprint density at radius 1 is 0.926 bits per heavy atom. The van der Waals surface area contributed by atoms with Crippen LogP contribution in [0, 0.1) is 11.3 Å². The zero-order valence-electron chi connectivity index (χ0n) is 31.9. The predicted octanol–water partition coefficient (Wildman–Crippen LogP) is 7.58. The van der Waals surface area contributed by atoms with Crippen LogP contribution in [0.3, 0.4) is 0 Å². The topological polar surface area (TPSA) is 126 Å². The summed E-state index contributed by atoms with van der Waals surface area (Å²) >= 11 is 0. The van der Waals surface area contributed by atoms with E-state index in [1.807, 2.05) is 41.8 Å². The van der Waals surface area contributed by atoms with Gasteiger partial charge in [0.05, 0.1) is 50.0 Å². The average Bonchev–Trinajstić information content (AvgIpc) is 3.80. The SMILES string of the molecule is CC(C)N(C(C)C)P(OCCC#N)OCC1O[C@@H](n2cnc3c(N=CN(C)C)ncnc32)C[C@H]1NC(c1ccccc1)(c1ccccc1)c1ccccc1. The number of nitrogens with zero attached hydrogens (tertiary/aromatic N) is 8. The molecule has 3 heterocycles. The molecule has 0 aliphatic carbocycles. The maximum atomic E-state index is 9.30. The molecule has 1 N–H and O–H groups in total. The van der Waals surface area contributed by atoms with Crippen LogP contribution in [0.1, 0.15) is 63.5 Å². The number of imidazole rings is 1. The summed E-state index contributed by atoms with van der Waals surface area (Å²) in [5, 5.41) is 13.5. The molecule has 13 heteroatoms. The third-order valence-electron chi connectivity index (χ3n) is 9.33. The van der Waals surface area contributed by atoms with Crippen LogP contribution in [0.5, 0.6) is 0 Å². The lowest BCUT2D eigenvalue weighted by molar-refractivity contribution is -0.0242. The molecule has 3 aromatic carbocycles. The van der Waals surface area contributed by atoms with Crippen LogP contribution in [0.25, 0.3) is 11.2 Å². The van der Waals surface area contributed by atoms with Crippen molar-refractivity contribution in [1.29, 1.82) is 5.26 Å². The highest BCUT2D eigenvalue weighted by Gasteiger charge is 2.45. The van der Waals surface area contributed by atoms with Gasteiger partial charge in [-0.1, -0.05) is 91.0 Å². The van der Waals surface area contributed by atoms with E-state index in [2.05, 4.69) is 132 Å². The Morgan fingerprint density at radius 3 is 2.06 bits per heavy atom. The summed E-state index contributed by atoms with van der Waals surface area (Å²) in [7, 11) is 2.31. The molecule has 1 aliphatic heterocycles. The lowest BCUT2D eigenvalue weighted by atomic mass is 9.76. The lowest BCUT2D eigenvalue weighted by Crippen LogP contribution is -2.53. The van der Waals surface area contributed by atoms with Crippen molar-refractivity contribution < 1.29 is 13.8 Å². The Kier molecular flexibility index (Phi) is 13.1. The first-order chi connectivity index (χ1) is 26.2. The van der Waals surface area contributed by atoms with Gasteiger partial charge in [0.1, 0.15) is 12.6 Å². The van der Waals surface area contributed by atoms with Gasteiger partial charge in [-0.2, -0.15) is 5.26 Å². The van der Waals surface area contributed by atoms with Crippen molar-refractivity contribution in [3.05, 3.63) is 120 Å². The minimum absolute atomic E-state index is 0.160. The second-order valence-electron chi connectivity index (χ2n) is 14.0. The minimum atomic E-state index is -1.50. The predicted molar refractivity (Wildman–Crippen MR) is 213 cm³/mol. The van der Waals surface area contributed by atoms with E-state index in [0.717, 1.165) is 16.7 Å². The Labute approximate surface area is 319 Å². The van der Waals surface area contributed by atoms with Crippen LogP contribution in [0.15, 0.2) is 109 Å². The summed E-state index contributed by atoms with van der Waals surface area (Å²) in [6, 6.07) is 34.0. The van der Waals surface area contributed by atoms with Gasteiger partial charge in [-0.05, 0) is 44.4 Å². The molecule has 2 unspecified atom stereocenters. The molecule has 0 spiro atoms. The van der Waals surface area contributed by atoms with Crippen LogP contribution >= 0.6 is 8.53 Å². The van der Waals surface area contributed by atoms with Gasteiger partial charge < -0.3 is 18.7 Å². The minimum Gasteiger partial charge on any atom is -0.369 e. The van der Waals surface area contributed by atoms with E-state index >= 15 is 0 Å². The molecule has 1 aliphatic rings. The molecule has 282 valence electrons. The zero-order chi connectivity index (χ0) is 38.1. The highest BCUT2D eigenvalue weighted by molar-refractivity contribution is 7.44. The number of fused-ring (bicyclic) bond motifs is 1. The van der Waals surface area contributed by atoms with Gasteiger partial charge in [0.25, 0.3) is 8.53 Å². The van der Waals surface area contributed by atoms with Gasteiger partial charge in [0.15, 0.2) is 17.0 Å². The van der Waals surface area contributed by atoms with Crippen molar-refractivity contribution in [3.8, 4) is 6.07 Å². The van der Waals surface area contributed by atoms with Crippen LogP contribution in [0.4, 0.5) is 5.82 Å². The summed E-state index contributed by atoms with van der Waals surface area (Å²) in [5.74, 6) is 0.485. The standard InChI is InChI=1S/C41H50N9O3P/c1-30(2)50(31(3)4)54(51-24-16-23-42)52-26-36-35(25-37(53-36)49-29-45-38-39(46-28-48(5)6)43-27-44-40(38)49)47-41(32-17-10-7-11-18-32,33-19-12-8-13-20-33)34-21-14-9-15-22-34/h7-15,17-22,27-31,35-37,47H,16,24-26H2,1-6H3/t35-,36?,37-,54?/m1/s1. The van der Waals surface area contributed by atoms with E-state index in [4.69, 9.17) is 18.8 Å². The first-order valence-corrected chi connectivity index (χ1v) is 19.5. The first kappa shape index (κ1) is 39.1. The lowest BCUT2D eigenvalue weighted by Gasteiger charge is -2.40. The third kappa shape index (κ3) is 8.68. The van der Waals surface area contributed by atoms with Crippen molar-refractivity contribution in [3.63, 3.8) is 0 Å². The average molecular weight is 748 g/mol. The molecule has 12 nitrogen and oxygen atoms in total. The summed E-state index contributed by atoms with van der Waals surface area (Å²) in [4.78, 5) is 20.1. The maximum absolute atomic E-state index is 9.30. The number of benzene rings is 3. The quantitative estimate of drug-likeness (QED) is 0.0335.